The summed E-state index contributed by atoms with van der Waals surface area (Å²) in [5.74, 6) is 0. The van der Waals surface area contributed by atoms with Gasteiger partial charge in [-0.15, -0.1) is 0 Å². The second-order valence-electron chi connectivity index (χ2n) is 5.10. The first-order valence-corrected chi connectivity index (χ1v) is 6.28. The van der Waals surface area contributed by atoms with E-state index >= 15 is 0 Å². The molecule has 1 spiro atoms. The van der Waals surface area contributed by atoms with Crippen molar-refractivity contribution in [3.8, 4) is 0 Å². The number of ether oxygens (including phenoxy) is 2. The summed E-state index contributed by atoms with van der Waals surface area (Å²) in [6.45, 7) is 7.22. The molecule has 2 heterocycles. The Morgan fingerprint density at radius 3 is 2.69 bits per heavy atom. The quantitative estimate of drug-likeness (QED) is 0.699. The molecule has 0 aromatic rings. The minimum Gasteiger partial charge on any atom is -0.383 e. The largest absolute Gasteiger partial charge is 0.383 e. The highest BCUT2D eigenvalue weighted by Crippen LogP contribution is 2.29. The number of hydrogen-bond acceptors (Lipinski definition) is 4. The number of morpholine rings is 1. The van der Waals surface area contributed by atoms with Crippen molar-refractivity contribution in [2.75, 3.05) is 60.1 Å². The van der Waals surface area contributed by atoms with Crippen LogP contribution in [0, 0.1) is 0 Å². The molecular formula is C12H24N2O2. The predicted octanol–water partition coefficient (Wildman–Crippen LogP) is 0.429. The second kappa shape index (κ2) is 5.45. The fraction of sp³-hybridized carbons (Fsp3) is 1.00. The number of piperidine rings is 1. The Balaban J connectivity index is 1.85. The van der Waals surface area contributed by atoms with Gasteiger partial charge in [0.05, 0.1) is 18.8 Å². The van der Waals surface area contributed by atoms with Crippen LogP contribution in [0.15, 0.2) is 0 Å². The van der Waals surface area contributed by atoms with Gasteiger partial charge in [0.25, 0.3) is 0 Å². The molecule has 0 aliphatic carbocycles. The number of methoxy groups -OCH3 is 1. The number of rotatable bonds is 3. The van der Waals surface area contributed by atoms with Crippen LogP contribution in [-0.2, 0) is 9.47 Å². The Hall–Kier alpha value is -0.160. The zero-order valence-electron chi connectivity index (χ0n) is 10.6. The van der Waals surface area contributed by atoms with Gasteiger partial charge in [0.15, 0.2) is 0 Å². The molecule has 0 radical (unpaired) electrons. The van der Waals surface area contributed by atoms with E-state index in [0.717, 1.165) is 45.9 Å². The van der Waals surface area contributed by atoms with E-state index in [4.69, 9.17) is 9.47 Å². The van der Waals surface area contributed by atoms with Crippen molar-refractivity contribution in [3.63, 3.8) is 0 Å². The van der Waals surface area contributed by atoms with Gasteiger partial charge >= 0.3 is 0 Å². The monoisotopic (exact) mass is 228 g/mol. The Labute approximate surface area is 98.5 Å². The fourth-order valence-electron chi connectivity index (χ4n) is 2.66. The first-order valence-electron chi connectivity index (χ1n) is 6.28. The molecule has 0 aromatic heterocycles. The molecule has 4 nitrogen and oxygen atoms in total. The summed E-state index contributed by atoms with van der Waals surface area (Å²) >= 11 is 0. The molecule has 4 heteroatoms. The smallest absolute Gasteiger partial charge is 0.0833 e. The highest BCUT2D eigenvalue weighted by molar-refractivity contribution is 4.92. The van der Waals surface area contributed by atoms with Crippen LogP contribution in [0.1, 0.15) is 12.8 Å². The van der Waals surface area contributed by atoms with E-state index in [1.54, 1.807) is 7.11 Å². The first-order chi connectivity index (χ1) is 7.74. The molecule has 2 fully saturated rings. The van der Waals surface area contributed by atoms with E-state index in [1.807, 2.05) is 0 Å². The van der Waals surface area contributed by atoms with Crippen LogP contribution in [0.4, 0.5) is 0 Å². The maximum Gasteiger partial charge on any atom is 0.0833 e. The topological polar surface area (TPSA) is 24.9 Å². The van der Waals surface area contributed by atoms with Crippen molar-refractivity contribution in [2.45, 2.75) is 18.4 Å². The number of likely N-dealkylation sites (tertiary alicyclic amines) is 1. The average Bonchev–Trinajstić information content (AvgIpc) is 2.31. The zero-order chi connectivity index (χ0) is 11.4. The van der Waals surface area contributed by atoms with Gasteiger partial charge in [0.1, 0.15) is 0 Å². The van der Waals surface area contributed by atoms with Crippen LogP contribution in [0.5, 0.6) is 0 Å². The molecular weight excluding hydrogens is 204 g/mol. The van der Waals surface area contributed by atoms with E-state index in [2.05, 4.69) is 16.8 Å². The van der Waals surface area contributed by atoms with Gasteiger partial charge < -0.3 is 14.4 Å². The molecule has 0 N–H and O–H groups in total. The summed E-state index contributed by atoms with van der Waals surface area (Å²) in [4.78, 5) is 4.88. The molecule has 94 valence electrons. The maximum absolute atomic E-state index is 6.06. The van der Waals surface area contributed by atoms with Crippen molar-refractivity contribution in [2.24, 2.45) is 0 Å². The van der Waals surface area contributed by atoms with Gasteiger partial charge in [0, 0.05) is 39.8 Å². The van der Waals surface area contributed by atoms with Crippen LogP contribution in [0.3, 0.4) is 0 Å². The average molecular weight is 228 g/mol. The minimum absolute atomic E-state index is 0.137. The lowest BCUT2D eigenvalue weighted by Crippen LogP contribution is -2.56. The van der Waals surface area contributed by atoms with Crippen molar-refractivity contribution in [3.05, 3.63) is 0 Å². The van der Waals surface area contributed by atoms with Crippen molar-refractivity contribution >= 4 is 0 Å². The molecule has 2 aliphatic heterocycles. The van der Waals surface area contributed by atoms with Crippen molar-refractivity contribution < 1.29 is 9.47 Å². The van der Waals surface area contributed by atoms with Crippen LogP contribution < -0.4 is 0 Å². The molecule has 2 saturated heterocycles. The third-order valence-electron chi connectivity index (χ3n) is 3.84. The second-order valence-corrected chi connectivity index (χ2v) is 5.10. The minimum atomic E-state index is 0.137. The maximum atomic E-state index is 6.06. The highest BCUT2D eigenvalue weighted by atomic mass is 16.5. The van der Waals surface area contributed by atoms with E-state index < -0.39 is 0 Å². The van der Waals surface area contributed by atoms with Crippen LogP contribution in [-0.4, -0.2) is 75.5 Å². The van der Waals surface area contributed by atoms with E-state index in [-0.39, 0.29) is 5.60 Å². The van der Waals surface area contributed by atoms with Crippen molar-refractivity contribution in [1.82, 2.24) is 9.80 Å². The summed E-state index contributed by atoms with van der Waals surface area (Å²) < 4.78 is 11.2. The highest BCUT2D eigenvalue weighted by Gasteiger charge is 2.38. The zero-order valence-corrected chi connectivity index (χ0v) is 10.6. The summed E-state index contributed by atoms with van der Waals surface area (Å²) in [5.41, 5.74) is 0.137. The third kappa shape index (κ3) is 2.94. The lowest BCUT2D eigenvalue weighted by Gasteiger charge is -2.46. The number of hydrogen-bond donors (Lipinski definition) is 0. The third-order valence-corrected chi connectivity index (χ3v) is 3.84. The SMILES string of the molecule is COCCN1CCOC2(CCN(C)CC2)C1. The molecule has 0 aromatic carbocycles. The number of nitrogens with zero attached hydrogens (tertiary/aromatic N) is 2. The van der Waals surface area contributed by atoms with Gasteiger partial charge in [-0.25, -0.2) is 0 Å². The summed E-state index contributed by atoms with van der Waals surface area (Å²) in [6.07, 6.45) is 2.35. The Bertz CT molecular complexity index is 215. The Kier molecular flexibility index (Phi) is 4.19. The van der Waals surface area contributed by atoms with E-state index in [9.17, 15) is 0 Å². The van der Waals surface area contributed by atoms with Gasteiger partial charge in [-0.2, -0.15) is 0 Å². The molecule has 2 rings (SSSR count). The van der Waals surface area contributed by atoms with Crippen LogP contribution in [0.2, 0.25) is 0 Å². The molecule has 0 saturated carbocycles. The molecule has 2 aliphatic rings. The van der Waals surface area contributed by atoms with Gasteiger partial charge in [0.2, 0.25) is 0 Å². The Morgan fingerprint density at radius 2 is 2.00 bits per heavy atom. The van der Waals surface area contributed by atoms with E-state index in [0.29, 0.717) is 0 Å². The molecule has 0 atom stereocenters. The van der Waals surface area contributed by atoms with Gasteiger partial charge in [-0.3, -0.25) is 4.90 Å². The van der Waals surface area contributed by atoms with Crippen LogP contribution in [0.25, 0.3) is 0 Å². The summed E-state index contributed by atoms with van der Waals surface area (Å²) in [6, 6.07) is 0. The molecule has 0 amide bonds. The summed E-state index contributed by atoms with van der Waals surface area (Å²) in [5, 5.41) is 0. The van der Waals surface area contributed by atoms with Gasteiger partial charge in [-0.05, 0) is 19.9 Å². The van der Waals surface area contributed by atoms with Crippen molar-refractivity contribution in [1.29, 1.82) is 0 Å². The fourth-order valence-corrected chi connectivity index (χ4v) is 2.66. The predicted molar refractivity (Wildman–Crippen MR) is 63.7 cm³/mol. The standard InChI is InChI=1S/C12H24N2O2/c1-13-5-3-12(4-6-13)11-14(7-9-15-2)8-10-16-12/h3-11H2,1-2H3. The first kappa shape index (κ1) is 12.3. The summed E-state index contributed by atoms with van der Waals surface area (Å²) in [7, 11) is 3.96. The van der Waals surface area contributed by atoms with Gasteiger partial charge in [-0.1, -0.05) is 0 Å². The lowest BCUT2D eigenvalue weighted by molar-refractivity contribution is -0.135. The molecule has 16 heavy (non-hydrogen) atoms. The Morgan fingerprint density at radius 1 is 1.25 bits per heavy atom. The van der Waals surface area contributed by atoms with E-state index in [1.165, 1.54) is 12.8 Å². The molecule has 0 unspecified atom stereocenters. The van der Waals surface area contributed by atoms with Crippen LogP contribution >= 0.6 is 0 Å². The molecule has 0 bridgehead atoms. The normalized spacial score (nSPS) is 27.4. The lowest BCUT2D eigenvalue weighted by atomic mass is 9.89.